The van der Waals surface area contributed by atoms with E-state index in [9.17, 15) is 9.59 Å². The Hall–Kier alpha value is -2.53. The van der Waals surface area contributed by atoms with Gasteiger partial charge in [-0.05, 0) is 55.0 Å². The first kappa shape index (κ1) is 22.2. The van der Waals surface area contributed by atoms with E-state index in [4.69, 9.17) is 16.7 Å². The molecule has 1 heterocycles. The summed E-state index contributed by atoms with van der Waals surface area (Å²) < 4.78 is 0. The molecule has 1 unspecified atom stereocenters. The molecule has 1 amide bonds. The van der Waals surface area contributed by atoms with E-state index in [-0.39, 0.29) is 23.9 Å². The van der Waals surface area contributed by atoms with Gasteiger partial charge in [0.15, 0.2) is 0 Å². The normalized spacial score (nSPS) is 14.9. The van der Waals surface area contributed by atoms with Crippen molar-refractivity contribution in [2.45, 2.75) is 51.5 Å². The summed E-state index contributed by atoms with van der Waals surface area (Å²) >= 11 is 6.21. The molecule has 6 heteroatoms. The Morgan fingerprint density at radius 2 is 1.87 bits per heavy atom. The largest absolute Gasteiger partial charge is 0.478 e. The number of nitrogens with zero attached hydrogens (tertiary/aromatic N) is 1. The summed E-state index contributed by atoms with van der Waals surface area (Å²) in [5, 5.41) is 12.6. The smallest absolute Gasteiger partial charge is 0.335 e. The number of anilines is 1. The van der Waals surface area contributed by atoms with Crippen LogP contribution in [0.4, 0.5) is 5.69 Å². The summed E-state index contributed by atoms with van der Waals surface area (Å²) in [4.78, 5) is 26.3. The van der Waals surface area contributed by atoms with Crippen molar-refractivity contribution in [3.05, 3.63) is 64.2 Å². The highest BCUT2D eigenvalue weighted by molar-refractivity contribution is 6.31. The molecule has 0 radical (unpaired) electrons. The minimum atomic E-state index is -1.04. The molecule has 160 valence electrons. The van der Waals surface area contributed by atoms with Crippen molar-refractivity contribution in [2.75, 3.05) is 18.0 Å². The minimum absolute atomic E-state index is 0.0716. The van der Waals surface area contributed by atoms with Crippen molar-refractivity contribution in [1.82, 2.24) is 5.32 Å². The lowest BCUT2D eigenvalue weighted by Gasteiger charge is -2.32. The third kappa shape index (κ3) is 5.54. The highest BCUT2D eigenvalue weighted by Crippen LogP contribution is 2.31. The van der Waals surface area contributed by atoms with E-state index in [1.165, 1.54) is 37.1 Å². The lowest BCUT2D eigenvalue weighted by molar-refractivity contribution is -0.121. The summed E-state index contributed by atoms with van der Waals surface area (Å²) in [5.74, 6) is -1.16. The van der Waals surface area contributed by atoms with Gasteiger partial charge in [0.25, 0.3) is 0 Å². The van der Waals surface area contributed by atoms with Crippen LogP contribution in [-0.2, 0) is 11.2 Å². The predicted octanol–water partition coefficient (Wildman–Crippen LogP) is 5.23. The van der Waals surface area contributed by atoms with Gasteiger partial charge in [-0.25, -0.2) is 4.79 Å². The zero-order valence-corrected chi connectivity index (χ0v) is 18.1. The molecule has 1 aliphatic heterocycles. The van der Waals surface area contributed by atoms with Gasteiger partial charge >= 0.3 is 5.97 Å². The molecule has 2 aromatic carbocycles. The molecule has 3 rings (SSSR count). The number of carbonyl (C=O) groups excluding carboxylic acids is 1. The van der Waals surface area contributed by atoms with E-state index in [1.54, 1.807) is 6.07 Å². The lowest BCUT2D eigenvalue weighted by atomic mass is 9.98. The van der Waals surface area contributed by atoms with Gasteiger partial charge in [0, 0.05) is 23.8 Å². The van der Waals surface area contributed by atoms with Crippen LogP contribution in [0.2, 0.25) is 5.02 Å². The highest BCUT2D eigenvalue weighted by atomic mass is 35.5. The molecule has 1 aliphatic rings. The molecular formula is C24H29ClN2O3. The van der Waals surface area contributed by atoms with Gasteiger partial charge in [-0.2, -0.15) is 0 Å². The number of carbonyl (C=O) groups is 2. The fourth-order valence-corrected chi connectivity index (χ4v) is 4.29. The number of aromatic carboxylic acids is 1. The second kappa shape index (κ2) is 10.5. The van der Waals surface area contributed by atoms with Crippen LogP contribution in [0.5, 0.6) is 0 Å². The Morgan fingerprint density at radius 3 is 2.53 bits per heavy atom. The second-order valence-corrected chi connectivity index (χ2v) is 8.21. The molecule has 5 nitrogen and oxygen atoms in total. The van der Waals surface area contributed by atoms with E-state index in [0.29, 0.717) is 10.6 Å². The number of rotatable bonds is 8. The number of nitrogens with one attached hydrogen (secondary N) is 1. The van der Waals surface area contributed by atoms with Crippen LogP contribution in [-0.4, -0.2) is 30.1 Å². The van der Waals surface area contributed by atoms with E-state index >= 15 is 0 Å². The molecule has 1 fully saturated rings. The maximum Gasteiger partial charge on any atom is 0.335 e. The molecule has 0 spiro atoms. The van der Waals surface area contributed by atoms with Gasteiger partial charge < -0.3 is 15.3 Å². The van der Waals surface area contributed by atoms with Crippen LogP contribution in [0.1, 0.15) is 66.6 Å². The molecule has 0 aliphatic carbocycles. The standard InChI is InChI=1S/C24H29ClN2O3/c1-2-8-21(19-9-4-5-10-22(19)27-13-6-3-7-14-27)26-23(28)16-17-11-12-18(24(29)30)15-20(17)25/h4-5,9-12,15,21H,2-3,6-8,13-14,16H2,1H3,(H,26,28)(H,29,30). The minimum Gasteiger partial charge on any atom is -0.478 e. The number of benzene rings is 2. The van der Waals surface area contributed by atoms with Gasteiger partial charge in [-0.3, -0.25) is 4.79 Å². The van der Waals surface area contributed by atoms with Gasteiger partial charge in [0.1, 0.15) is 0 Å². The average Bonchev–Trinajstić information content (AvgIpc) is 2.75. The van der Waals surface area contributed by atoms with Gasteiger partial charge in [0.2, 0.25) is 5.91 Å². The monoisotopic (exact) mass is 428 g/mol. The number of hydrogen-bond acceptors (Lipinski definition) is 3. The summed E-state index contributed by atoms with van der Waals surface area (Å²) in [5.41, 5.74) is 3.10. The van der Waals surface area contributed by atoms with Crippen LogP contribution in [0.25, 0.3) is 0 Å². The summed E-state index contributed by atoms with van der Waals surface area (Å²) in [6.45, 7) is 4.22. The number of para-hydroxylation sites is 1. The lowest BCUT2D eigenvalue weighted by Crippen LogP contribution is -2.34. The number of halogens is 1. The summed E-state index contributed by atoms with van der Waals surface area (Å²) in [6, 6.07) is 12.8. The first-order chi connectivity index (χ1) is 14.5. The molecule has 0 bridgehead atoms. The summed E-state index contributed by atoms with van der Waals surface area (Å²) in [6.07, 6.45) is 5.59. The molecule has 2 N–H and O–H groups in total. The Balaban J connectivity index is 1.76. The molecule has 30 heavy (non-hydrogen) atoms. The number of hydrogen-bond donors (Lipinski definition) is 2. The number of amides is 1. The Bertz CT molecular complexity index is 894. The van der Waals surface area contributed by atoms with E-state index in [1.807, 2.05) is 6.07 Å². The highest BCUT2D eigenvalue weighted by Gasteiger charge is 2.21. The number of carboxylic acids is 1. The number of carboxylic acid groups (broad SMARTS) is 1. The van der Waals surface area contributed by atoms with E-state index < -0.39 is 5.97 Å². The second-order valence-electron chi connectivity index (χ2n) is 7.80. The van der Waals surface area contributed by atoms with Crippen LogP contribution in [0.15, 0.2) is 42.5 Å². The fourth-order valence-electron chi connectivity index (χ4n) is 4.04. The summed E-state index contributed by atoms with van der Waals surface area (Å²) in [7, 11) is 0. The van der Waals surface area contributed by atoms with Gasteiger partial charge in [-0.1, -0.05) is 49.2 Å². The van der Waals surface area contributed by atoms with Crippen molar-refractivity contribution in [2.24, 2.45) is 0 Å². The Kier molecular flexibility index (Phi) is 7.75. The Labute approximate surface area is 183 Å². The van der Waals surface area contributed by atoms with Crippen molar-refractivity contribution in [1.29, 1.82) is 0 Å². The van der Waals surface area contributed by atoms with Crippen LogP contribution >= 0.6 is 11.6 Å². The van der Waals surface area contributed by atoms with Crippen molar-refractivity contribution < 1.29 is 14.7 Å². The third-order valence-electron chi connectivity index (χ3n) is 5.57. The van der Waals surface area contributed by atoms with Crippen molar-refractivity contribution in [3.63, 3.8) is 0 Å². The van der Waals surface area contributed by atoms with Gasteiger partial charge in [0.05, 0.1) is 18.0 Å². The van der Waals surface area contributed by atoms with Crippen LogP contribution in [0.3, 0.4) is 0 Å². The zero-order valence-electron chi connectivity index (χ0n) is 17.4. The fraction of sp³-hybridized carbons (Fsp3) is 0.417. The van der Waals surface area contributed by atoms with Crippen molar-refractivity contribution >= 4 is 29.2 Å². The maximum absolute atomic E-state index is 12.8. The number of piperidine rings is 1. The molecule has 1 saturated heterocycles. The van der Waals surface area contributed by atoms with Crippen LogP contribution < -0.4 is 10.2 Å². The van der Waals surface area contributed by atoms with E-state index in [2.05, 4.69) is 35.3 Å². The predicted molar refractivity (Wildman–Crippen MR) is 120 cm³/mol. The van der Waals surface area contributed by atoms with Crippen molar-refractivity contribution in [3.8, 4) is 0 Å². The zero-order chi connectivity index (χ0) is 21.5. The average molecular weight is 429 g/mol. The topological polar surface area (TPSA) is 69.6 Å². The SMILES string of the molecule is CCCC(NC(=O)Cc1ccc(C(=O)O)cc1Cl)c1ccccc1N1CCCCC1. The molecule has 0 aromatic heterocycles. The Morgan fingerprint density at radius 1 is 1.13 bits per heavy atom. The molecule has 0 saturated carbocycles. The quantitative estimate of drug-likeness (QED) is 0.604. The van der Waals surface area contributed by atoms with E-state index in [0.717, 1.165) is 31.5 Å². The van der Waals surface area contributed by atoms with Crippen LogP contribution in [0, 0.1) is 0 Å². The first-order valence-corrected chi connectivity index (χ1v) is 11.0. The maximum atomic E-state index is 12.8. The third-order valence-corrected chi connectivity index (χ3v) is 5.92. The molecular weight excluding hydrogens is 400 g/mol. The van der Waals surface area contributed by atoms with Gasteiger partial charge in [-0.15, -0.1) is 0 Å². The first-order valence-electron chi connectivity index (χ1n) is 10.6. The molecule has 2 aromatic rings. The molecule has 1 atom stereocenters.